The fourth-order valence-electron chi connectivity index (χ4n) is 2.71. The van der Waals surface area contributed by atoms with Crippen molar-refractivity contribution in [2.45, 2.75) is 12.6 Å². The second kappa shape index (κ2) is 11.9. The van der Waals surface area contributed by atoms with Crippen molar-refractivity contribution in [2.24, 2.45) is 0 Å². The molecule has 0 N–H and O–H groups in total. The van der Waals surface area contributed by atoms with Crippen LogP contribution in [0.25, 0.3) is 0 Å². The molecule has 1 saturated heterocycles. The lowest BCUT2D eigenvalue weighted by Gasteiger charge is -2.31. The van der Waals surface area contributed by atoms with Crippen molar-refractivity contribution in [3.63, 3.8) is 0 Å². The smallest absolute Gasteiger partial charge is 0.269 e. The maximum Gasteiger partial charge on any atom is 0.269 e. The minimum absolute atomic E-state index is 0.0149. The maximum absolute atomic E-state index is 10.7. The summed E-state index contributed by atoms with van der Waals surface area (Å²) < 4.78 is 33.3. The van der Waals surface area contributed by atoms with Gasteiger partial charge in [0, 0.05) is 24.3 Å². The first-order valence-corrected chi connectivity index (χ1v) is 9.74. The Morgan fingerprint density at radius 3 is 1.41 bits per heavy atom. The molecule has 0 saturated carbocycles. The van der Waals surface area contributed by atoms with E-state index >= 15 is 0 Å². The van der Waals surface area contributed by atoms with Crippen LogP contribution >= 0.6 is 0 Å². The molecule has 2 atom stereocenters. The minimum atomic E-state index is -0.747. The molecule has 0 aliphatic carbocycles. The molecule has 2 aromatic rings. The van der Waals surface area contributed by atoms with E-state index in [9.17, 15) is 20.2 Å². The van der Waals surface area contributed by atoms with Crippen LogP contribution < -0.4 is 9.47 Å². The summed E-state index contributed by atoms with van der Waals surface area (Å²) in [5, 5.41) is 21.3. The van der Waals surface area contributed by atoms with Crippen LogP contribution in [0.15, 0.2) is 48.5 Å². The molecular formula is C20H22N2O10. The van der Waals surface area contributed by atoms with E-state index < -0.39 is 22.4 Å². The van der Waals surface area contributed by atoms with Gasteiger partial charge in [-0.3, -0.25) is 20.2 Å². The Morgan fingerprint density at radius 2 is 1.06 bits per heavy atom. The van der Waals surface area contributed by atoms with Crippen LogP contribution in [0.2, 0.25) is 0 Å². The molecule has 12 nitrogen and oxygen atoms in total. The molecule has 1 fully saturated rings. The fourth-order valence-corrected chi connectivity index (χ4v) is 2.71. The molecule has 1 heterocycles. The highest BCUT2D eigenvalue weighted by molar-refractivity contribution is 5.36. The predicted molar refractivity (Wildman–Crippen MR) is 109 cm³/mol. The van der Waals surface area contributed by atoms with Gasteiger partial charge >= 0.3 is 0 Å². The van der Waals surface area contributed by atoms with Gasteiger partial charge in [0.15, 0.2) is 0 Å². The number of nitro groups is 2. The van der Waals surface area contributed by atoms with Gasteiger partial charge in [-0.2, -0.15) is 0 Å². The lowest BCUT2D eigenvalue weighted by Crippen LogP contribution is -2.43. The zero-order valence-corrected chi connectivity index (χ0v) is 17.0. The highest BCUT2D eigenvalue weighted by Crippen LogP contribution is 2.19. The number of ether oxygens (including phenoxy) is 6. The van der Waals surface area contributed by atoms with Gasteiger partial charge in [-0.15, -0.1) is 0 Å². The van der Waals surface area contributed by atoms with E-state index in [1.807, 2.05) is 0 Å². The summed E-state index contributed by atoms with van der Waals surface area (Å²) in [4.78, 5) is 20.3. The van der Waals surface area contributed by atoms with E-state index in [1.165, 1.54) is 48.5 Å². The molecule has 3 rings (SSSR count). The van der Waals surface area contributed by atoms with E-state index in [-0.39, 0.29) is 37.8 Å². The highest BCUT2D eigenvalue weighted by atomic mass is 16.8. The molecule has 172 valence electrons. The Labute approximate surface area is 182 Å². The minimum Gasteiger partial charge on any atom is -0.491 e. The van der Waals surface area contributed by atoms with Crippen LogP contribution in [0, 0.1) is 20.2 Å². The first-order valence-electron chi connectivity index (χ1n) is 9.74. The number of nitrogens with zero attached hydrogens (tertiary/aromatic N) is 2. The molecule has 0 radical (unpaired) electrons. The van der Waals surface area contributed by atoms with Crippen molar-refractivity contribution in [3.8, 4) is 11.5 Å². The molecule has 0 amide bonds. The van der Waals surface area contributed by atoms with Gasteiger partial charge in [-0.05, 0) is 24.3 Å². The number of hydrogen-bond donors (Lipinski definition) is 0. The number of rotatable bonds is 12. The van der Waals surface area contributed by atoms with Gasteiger partial charge in [0.2, 0.25) is 12.6 Å². The first kappa shape index (κ1) is 23.3. The molecule has 2 aromatic carbocycles. The molecule has 12 heteroatoms. The van der Waals surface area contributed by atoms with Crippen molar-refractivity contribution < 1.29 is 38.3 Å². The monoisotopic (exact) mass is 450 g/mol. The Bertz CT molecular complexity index is 801. The molecular weight excluding hydrogens is 428 g/mol. The standard InChI is InChI=1S/C20H22N2O10/c23-21(24)15-1-5-17(6-2-15)27-9-11-29-19-20(32-14-13-31-19)30-12-10-28-18-7-3-16(4-8-18)22(25)26/h1-8,19-20H,9-14H2. The lowest BCUT2D eigenvalue weighted by molar-refractivity contribution is -0.385. The van der Waals surface area contributed by atoms with Crippen molar-refractivity contribution in [1.29, 1.82) is 0 Å². The fraction of sp³-hybridized carbons (Fsp3) is 0.400. The second-order valence-electron chi connectivity index (χ2n) is 6.42. The van der Waals surface area contributed by atoms with Crippen LogP contribution in [0.3, 0.4) is 0 Å². The molecule has 0 bridgehead atoms. The number of benzene rings is 2. The van der Waals surface area contributed by atoms with E-state index in [4.69, 9.17) is 28.4 Å². The second-order valence-corrected chi connectivity index (χ2v) is 6.42. The third kappa shape index (κ3) is 7.13. The summed E-state index contributed by atoms with van der Waals surface area (Å²) in [6.07, 6.45) is -1.49. The maximum atomic E-state index is 10.7. The third-order valence-corrected chi connectivity index (χ3v) is 4.23. The summed E-state index contributed by atoms with van der Waals surface area (Å²) in [7, 11) is 0. The first-order chi connectivity index (χ1) is 15.5. The van der Waals surface area contributed by atoms with Gasteiger partial charge in [0.25, 0.3) is 11.4 Å². The van der Waals surface area contributed by atoms with E-state index in [0.717, 1.165) is 0 Å². The predicted octanol–water partition coefficient (Wildman–Crippen LogP) is 2.69. The number of hydrogen-bond acceptors (Lipinski definition) is 10. The highest BCUT2D eigenvalue weighted by Gasteiger charge is 2.28. The zero-order valence-electron chi connectivity index (χ0n) is 17.0. The molecule has 0 aromatic heterocycles. The molecule has 32 heavy (non-hydrogen) atoms. The van der Waals surface area contributed by atoms with Crippen molar-refractivity contribution >= 4 is 11.4 Å². The average molecular weight is 450 g/mol. The van der Waals surface area contributed by atoms with Crippen LogP contribution in [0.1, 0.15) is 0 Å². The summed E-state index contributed by atoms with van der Waals surface area (Å²) in [6.45, 7) is 1.48. The van der Waals surface area contributed by atoms with E-state index in [1.54, 1.807) is 0 Å². The summed E-state index contributed by atoms with van der Waals surface area (Å²) in [5.74, 6) is 0.965. The molecule has 1 aliphatic rings. The summed E-state index contributed by atoms with van der Waals surface area (Å²) >= 11 is 0. The topological polar surface area (TPSA) is 142 Å². The Balaban J connectivity index is 1.34. The van der Waals surface area contributed by atoms with E-state index in [0.29, 0.717) is 24.7 Å². The van der Waals surface area contributed by atoms with Crippen molar-refractivity contribution in [1.82, 2.24) is 0 Å². The number of non-ortho nitro benzene ring substituents is 2. The molecule has 1 aliphatic heterocycles. The van der Waals surface area contributed by atoms with Crippen molar-refractivity contribution in [2.75, 3.05) is 39.6 Å². The quantitative estimate of drug-likeness (QED) is 0.269. The third-order valence-electron chi connectivity index (χ3n) is 4.23. The number of nitro benzene ring substituents is 2. The van der Waals surface area contributed by atoms with Crippen LogP contribution in [0.5, 0.6) is 11.5 Å². The van der Waals surface area contributed by atoms with Gasteiger partial charge in [-0.25, -0.2) is 0 Å². The van der Waals surface area contributed by atoms with E-state index in [2.05, 4.69) is 0 Å². The Morgan fingerprint density at radius 1 is 0.688 bits per heavy atom. The SMILES string of the molecule is O=[N+]([O-])c1ccc(OCCOC2OCCOC2OCCOc2ccc([N+](=O)[O-])cc2)cc1. The van der Waals surface area contributed by atoms with Crippen LogP contribution in [-0.4, -0.2) is 62.1 Å². The summed E-state index contributed by atoms with van der Waals surface area (Å²) in [5.41, 5.74) is -0.0298. The van der Waals surface area contributed by atoms with Crippen LogP contribution in [0.4, 0.5) is 11.4 Å². The van der Waals surface area contributed by atoms with Gasteiger partial charge in [0.1, 0.15) is 24.7 Å². The lowest BCUT2D eigenvalue weighted by atomic mass is 10.3. The normalized spacial score (nSPS) is 18.1. The average Bonchev–Trinajstić information content (AvgIpc) is 2.81. The van der Waals surface area contributed by atoms with Gasteiger partial charge in [0.05, 0.1) is 36.3 Å². The van der Waals surface area contributed by atoms with Crippen LogP contribution in [-0.2, 0) is 18.9 Å². The van der Waals surface area contributed by atoms with Gasteiger partial charge in [-0.1, -0.05) is 0 Å². The molecule has 0 spiro atoms. The molecule has 2 unspecified atom stereocenters. The summed E-state index contributed by atoms with van der Waals surface area (Å²) in [6, 6.07) is 11.5. The van der Waals surface area contributed by atoms with Crippen molar-refractivity contribution in [3.05, 3.63) is 68.8 Å². The Hall–Kier alpha value is -3.32. The zero-order chi connectivity index (χ0) is 22.8. The van der Waals surface area contributed by atoms with Gasteiger partial charge < -0.3 is 28.4 Å². The Kier molecular flexibility index (Phi) is 8.69. The largest absolute Gasteiger partial charge is 0.491 e.